The normalized spacial score (nSPS) is 29.3. The van der Waals surface area contributed by atoms with Gasteiger partial charge in [0.25, 0.3) is 0 Å². The van der Waals surface area contributed by atoms with Gasteiger partial charge in [0.05, 0.1) is 17.5 Å². The largest absolute Gasteiger partial charge is 0.451 e. The fourth-order valence-corrected chi connectivity index (χ4v) is 4.06. The third-order valence-corrected chi connectivity index (χ3v) is 5.59. The van der Waals surface area contributed by atoms with E-state index in [1.165, 1.54) is 25.8 Å². The number of likely N-dealkylation sites (tertiary alicyclic amines) is 1. The van der Waals surface area contributed by atoms with Gasteiger partial charge in [-0.25, -0.2) is 0 Å². The van der Waals surface area contributed by atoms with E-state index < -0.39 is 0 Å². The summed E-state index contributed by atoms with van der Waals surface area (Å²) < 4.78 is 5.61. The number of nitrogens with zero attached hydrogens (tertiary/aromatic N) is 1. The van der Waals surface area contributed by atoms with Crippen molar-refractivity contribution in [1.82, 2.24) is 15.5 Å². The maximum Gasteiger partial charge on any atom is 0.177 e. The summed E-state index contributed by atoms with van der Waals surface area (Å²) in [6.07, 6.45) is 9.47. The van der Waals surface area contributed by atoms with Crippen molar-refractivity contribution in [1.29, 1.82) is 0 Å². The van der Waals surface area contributed by atoms with Gasteiger partial charge >= 0.3 is 0 Å². The smallest absolute Gasteiger partial charge is 0.177 e. The van der Waals surface area contributed by atoms with E-state index in [1.54, 1.807) is 0 Å². The molecule has 4 nitrogen and oxygen atoms in total. The molecule has 0 saturated carbocycles. The first kappa shape index (κ1) is 15.1. The summed E-state index contributed by atoms with van der Waals surface area (Å²) in [6.45, 7) is 2.98. The van der Waals surface area contributed by atoms with Crippen molar-refractivity contribution in [2.24, 2.45) is 0 Å². The number of alkyl halides is 1. The number of terminal acetylenes is 1. The fourth-order valence-electron chi connectivity index (χ4n) is 3.30. The second-order valence-corrected chi connectivity index (χ2v) is 6.90. The average molecular weight is 352 g/mol. The lowest BCUT2D eigenvalue weighted by molar-refractivity contribution is 0.281. The molecular formula is C16H22BrN3O. The number of furan rings is 1. The molecule has 2 aliphatic rings. The minimum atomic E-state index is 0.188. The van der Waals surface area contributed by atoms with E-state index in [4.69, 9.17) is 10.8 Å². The van der Waals surface area contributed by atoms with E-state index in [-0.39, 0.29) is 11.0 Å². The molecule has 1 aromatic rings. The van der Waals surface area contributed by atoms with Gasteiger partial charge in [0.15, 0.2) is 5.76 Å². The summed E-state index contributed by atoms with van der Waals surface area (Å²) in [5, 5.41) is 7.07. The van der Waals surface area contributed by atoms with Crippen LogP contribution >= 0.6 is 15.9 Å². The zero-order chi connectivity index (χ0) is 14.8. The molecule has 1 saturated heterocycles. The second-order valence-electron chi connectivity index (χ2n) is 5.91. The van der Waals surface area contributed by atoms with Crippen LogP contribution in [0.2, 0.25) is 0 Å². The quantitative estimate of drug-likeness (QED) is 0.644. The van der Waals surface area contributed by atoms with Crippen LogP contribution in [0.25, 0.3) is 0 Å². The first-order valence-electron chi connectivity index (χ1n) is 7.59. The van der Waals surface area contributed by atoms with E-state index >= 15 is 0 Å². The highest BCUT2D eigenvalue weighted by atomic mass is 79.9. The third kappa shape index (κ3) is 3.19. The van der Waals surface area contributed by atoms with Crippen LogP contribution in [-0.2, 0) is 6.54 Å². The second kappa shape index (κ2) is 6.53. The highest BCUT2D eigenvalue weighted by Gasteiger charge is 2.30. The molecule has 5 heteroatoms. The van der Waals surface area contributed by atoms with Crippen LogP contribution in [-0.4, -0.2) is 37.2 Å². The zero-order valence-corrected chi connectivity index (χ0v) is 13.9. The lowest BCUT2D eigenvalue weighted by Gasteiger charge is -2.30. The van der Waals surface area contributed by atoms with E-state index in [0.29, 0.717) is 5.76 Å². The zero-order valence-electron chi connectivity index (χ0n) is 12.4. The minimum Gasteiger partial charge on any atom is -0.451 e. The third-order valence-electron chi connectivity index (χ3n) is 4.57. The van der Waals surface area contributed by atoms with Gasteiger partial charge < -0.3 is 14.6 Å². The van der Waals surface area contributed by atoms with Crippen LogP contribution in [0.5, 0.6) is 0 Å². The number of nitrogens with one attached hydrogen (secondary N) is 2. The van der Waals surface area contributed by atoms with E-state index in [0.717, 1.165) is 30.5 Å². The molecule has 0 radical (unpaired) electrons. The first-order valence-corrected chi connectivity index (χ1v) is 8.51. The van der Waals surface area contributed by atoms with Crippen LogP contribution in [0, 0.1) is 12.3 Å². The summed E-state index contributed by atoms with van der Waals surface area (Å²) in [6, 6.07) is 2.70. The van der Waals surface area contributed by atoms with Crippen molar-refractivity contribution in [3.8, 4) is 12.3 Å². The SMILES string of the molecule is C#Cc1cc2c(o1)CNC(NCCC1CCCN1C)C2Br. The molecule has 1 fully saturated rings. The first-order chi connectivity index (χ1) is 10.2. The molecule has 0 spiro atoms. The number of halogens is 1. The van der Waals surface area contributed by atoms with Gasteiger partial charge in [-0.05, 0) is 51.4 Å². The van der Waals surface area contributed by atoms with Crippen LogP contribution in [0.4, 0.5) is 0 Å². The Bertz CT molecular complexity index is 536. The Morgan fingerprint density at radius 3 is 3.19 bits per heavy atom. The maximum absolute atomic E-state index is 5.61. The monoisotopic (exact) mass is 351 g/mol. The molecule has 0 aromatic carbocycles. The molecule has 0 bridgehead atoms. The minimum absolute atomic E-state index is 0.188. The van der Waals surface area contributed by atoms with Gasteiger partial charge in [-0.15, -0.1) is 6.42 Å². The summed E-state index contributed by atoms with van der Waals surface area (Å²) in [5.41, 5.74) is 1.16. The number of hydrogen-bond acceptors (Lipinski definition) is 4. The van der Waals surface area contributed by atoms with Crippen molar-refractivity contribution in [2.45, 2.75) is 42.8 Å². The van der Waals surface area contributed by atoms with Crippen LogP contribution < -0.4 is 10.6 Å². The number of hydrogen-bond donors (Lipinski definition) is 2. The molecule has 0 amide bonds. The Kier molecular flexibility index (Phi) is 4.70. The number of rotatable bonds is 4. The van der Waals surface area contributed by atoms with Gasteiger partial charge in [-0.1, -0.05) is 15.9 Å². The van der Waals surface area contributed by atoms with Crippen molar-refractivity contribution >= 4 is 15.9 Å². The number of fused-ring (bicyclic) bond motifs is 1. The highest BCUT2D eigenvalue weighted by molar-refractivity contribution is 9.09. The maximum atomic E-state index is 5.61. The molecule has 2 N–H and O–H groups in total. The van der Waals surface area contributed by atoms with Crippen LogP contribution in [0.3, 0.4) is 0 Å². The molecule has 3 rings (SSSR count). The molecule has 2 aliphatic heterocycles. The molecule has 3 atom stereocenters. The van der Waals surface area contributed by atoms with Gasteiger partial charge in [0, 0.05) is 11.6 Å². The predicted molar refractivity (Wildman–Crippen MR) is 87.2 cm³/mol. The summed E-state index contributed by atoms with van der Waals surface area (Å²) >= 11 is 3.76. The predicted octanol–water partition coefficient (Wildman–Crippen LogP) is 2.20. The van der Waals surface area contributed by atoms with Crippen molar-refractivity contribution in [2.75, 3.05) is 20.1 Å². The van der Waals surface area contributed by atoms with Crippen molar-refractivity contribution in [3.05, 3.63) is 23.2 Å². The Morgan fingerprint density at radius 2 is 2.48 bits per heavy atom. The average Bonchev–Trinajstić information content (AvgIpc) is 3.08. The molecule has 3 unspecified atom stereocenters. The topological polar surface area (TPSA) is 40.4 Å². The lowest BCUT2D eigenvalue weighted by Crippen LogP contribution is -2.48. The van der Waals surface area contributed by atoms with Gasteiger partial charge in [0.2, 0.25) is 0 Å². The van der Waals surface area contributed by atoms with Crippen LogP contribution in [0.15, 0.2) is 10.5 Å². The molecule has 3 heterocycles. The van der Waals surface area contributed by atoms with Gasteiger partial charge in [0.1, 0.15) is 5.76 Å². The Balaban J connectivity index is 1.54. The summed E-state index contributed by atoms with van der Waals surface area (Å²) in [4.78, 5) is 2.66. The van der Waals surface area contributed by atoms with Gasteiger partial charge in [-0.3, -0.25) is 5.32 Å². The standard InChI is InChI=1S/C16H22BrN3O/c1-3-12-9-13-14(21-12)10-19-16(15(13)17)18-7-6-11-5-4-8-20(11)2/h1,9,11,15-16,18-19H,4-8,10H2,2H3. The molecule has 0 aliphatic carbocycles. The van der Waals surface area contributed by atoms with E-state index in [2.05, 4.69) is 44.4 Å². The molecule has 114 valence electrons. The lowest BCUT2D eigenvalue weighted by atomic mass is 10.1. The van der Waals surface area contributed by atoms with Crippen molar-refractivity contribution < 1.29 is 4.42 Å². The van der Waals surface area contributed by atoms with E-state index in [9.17, 15) is 0 Å². The summed E-state index contributed by atoms with van der Waals surface area (Å²) in [7, 11) is 2.23. The summed E-state index contributed by atoms with van der Waals surface area (Å²) in [5.74, 6) is 4.12. The Morgan fingerprint density at radius 1 is 1.62 bits per heavy atom. The highest BCUT2D eigenvalue weighted by Crippen LogP contribution is 2.34. The van der Waals surface area contributed by atoms with Gasteiger partial charge in [-0.2, -0.15) is 0 Å². The fraction of sp³-hybridized carbons (Fsp3) is 0.625. The van der Waals surface area contributed by atoms with E-state index in [1.807, 2.05) is 6.07 Å². The van der Waals surface area contributed by atoms with Crippen molar-refractivity contribution in [3.63, 3.8) is 0 Å². The Hall–Kier alpha value is -0.800. The van der Waals surface area contributed by atoms with Crippen LogP contribution in [0.1, 0.15) is 41.2 Å². The molecular weight excluding hydrogens is 330 g/mol. The molecule has 1 aromatic heterocycles. The Labute approximate surface area is 134 Å². The molecule has 21 heavy (non-hydrogen) atoms.